The van der Waals surface area contributed by atoms with E-state index in [-0.39, 0.29) is 35.7 Å². The first-order chi connectivity index (χ1) is 25.9. The van der Waals surface area contributed by atoms with Gasteiger partial charge in [0, 0.05) is 27.4 Å². The average Bonchev–Trinajstić information content (AvgIpc) is 3.99. The van der Waals surface area contributed by atoms with E-state index in [1.807, 2.05) is 49.8 Å². The number of nitrogens with zero attached hydrogens (tertiary/aromatic N) is 4. The molecule has 0 saturated carbocycles. The third-order valence-corrected chi connectivity index (χ3v) is 12.7. The first-order valence-electron chi connectivity index (χ1n) is 18.3. The van der Waals surface area contributed by atoms with Gasteiger partial charge in [-0.25, -0.2) is 19.6 Å². The number of rotatable bonds is 10. The summed E-state index contributed by atoms with van der Waals surface area (Å²) in [6, 6.07) is 8.81. The number of fused-ring (bicyclic) bond motifs is 2. The van der Waals surface area contributed by atoms with Crippen molar-refractivity contribution in [2.45, 2.75) is 77.5 Å². The van der Waals surface area contributed by atoms with Gasteiger partial charge >= 0.3 is 12.2 Å². The van der Waals surface area contributed by atoms with E-state index in [0.29, 0.717) is 13.1 Å². The van der Waals surface area contributed by atoms with Crippen LogP contribution >= 0.6 is 22.7 Å². The molecule has 0 bridgehead atoms. The zero-order valence-electron chi connectivity index (χ0n) is 31.2. The Hall–Kier alpha value is -4.96. The van der Waals surface area contributed by atoms with E-state index >= 15 is 0 Å². The van der Waals surface area contributed by atoms with Gasteiger partial charge in [-0.3, -0.25) is 9.59 Å². The van der Waals surface area contributed by atoms with E-state index in [0.717, 1.165) is 69.4 Å². The normalized spacial score (nSPS) is 18.5. The molecule has 6 heterocycles. The lowest BCUT2D eigenvalue weighted by atomic mass is 10.0. The topological polar surface area (TPSA) is 175 Å². The van der Waals surface area contributed by atoms with Crippen LogP contribution in [0.3, 0.4) is 0 Å². The number of H-pyrrole nitrogens is 2. The number of amides is 4. The lowest BCUT2D eigenvalue weighted by Gasteiger charge is -2.30. The summed E-state index contributed by atoms with van der Waals surface area (Å²) in [6.45, 7) is 8.82. The molecule has 4 amide bonds. The fourth-order valence-corrected chi connectivity index (χ4v) is 9.83. The molecule has 4 atom stereocenters. The Balaban J connectivity index is 1.06. The summed E-state index contributed by atoms with van der Waals surface area (Å²) < 4.78 is 11.9. The monoisotopic (exact) mass is 774 g/mol. The minimum atomic E-state index is -0.688. The highest BCUT2D eigenvalue weighted by atomic mass is 32.1. The van der Waals surface area contributed by atoms with E-state index in [4.69, 9.17) is 19.4 Å². The molecule has 54 heavy (non-hydrogen) atoms. The number of carbonyl (C=O) groups is 4. The van der Waals surface area contributed by atoms with Crippen molar-refractivity contribution in [1.29, 1.82) is 0 Å². The molecule has 2 aliphatic rings. The minimum Gasteiger partial charge on any atom is -0.453 e. The van der Waals surface area contributed by atoms with Gasteiger partial charge in [0.1, 0.15) is 23.7 Å². The molecule has 2 saturated heterocycles. The predicted molar refractivity (Wildman–Crippen MR) is 208 cm³/mol. The number of carbonyl (C=O) groups excluding carboxylic acids is 4. The lowest BCUT2D eigenvalue weighted by Crippen LogP contribution is -2.51. The van der Waals surface area contributed by atoms with Crippen LogP contribution in [-0.4, -0.2) is 93.1 Å². The van der Waals surface area contributed by atoms with Crippen molar-refractivity contribution >= 4 is 67.1 Å². The second-order valence-corrected chi connectivity index (χ2v) is 16.7. The molecule has 2 aliphatic heterocycles. The van der Waals surface area contributed by atoms with E-state index in [2.05, 4.69) is 44.9 Å². The van der Waals surface area contributed by atoms with Gasteiger partial charge in [0.2, 0.25) is 11.8 Å². The van der Waals surface area contributed by atoms with Gasteiger partial charge in [0.05, 0.1) is 54.1 Å². The number of nitrogens with one attached hydrogen (secondary N) is 4. The first kappa shape index (κ1) is 37.4. The van der Waals surface area contributed by atoms with Gasteiger partial charge in [-0.15, -0.1) is 22.7 Å². The summed E-state index contributed by atoms with van der Waals surface area (Å²) in [6.07, 6.45) is 3.87. The third kappa shape index (κ3) is 7.28. The molecule has 5 aromatic rings. The molecule has 4 aromatic heterocycles. The van der Waals surface area contributed by atoms with Crippen LogP contribution in [0, 0.1) is 11.8 Å². The average molecular weight is 775 g/mol. The fraction of sp³-hybridized carbons (Fsp3) is 0.474. The van der Waals surface area contributed by atoms with Crippen LogP contribution in [0.5, 0.6) is 0 Å². The molecule has 16 heteroatoms. The van der Waals surface area contributed by atoms with E-state index in [9.17, 15) is 19.2 Å². The molecule has 7 rings (SSSR count). The van der Waals surface area contributed by atoms with Crippen LogP contribution in [0.4, 0.5) is 9.59 Å². The summed E-state index contributed by atoms with van der Waals surface area (Å²) in [4.78, 5) is 73.5. The number of likely N-dealkylation sites (tertiary alicyclic amines) is 2. The van der Waals surface area contributed by atoms with Gasteiger partial charge < -0.3 is 39.9 Å². The SMILES string of the molecule is COC(=O)NC(C(=O)N1CCC[C@H]1c1ncc(-c2cc3sc(-c4ccc5nc([C@@H]6CCCN6C(=O)[C@@H](NC(=O)OC)C(C)C)[nH]c5c4)cc3s2)[nH]1)C(C)C. The van der Waals surface area contributed by atoms with Gasteiger partial charge in [-0.2, -0.15) is 0 Å². The largest absolute Gasteiger partial charge is 0.453 e. The van der Waals surface area contributed by atoms with Crippen LogP contribution in [0.25, 0.3) is 41.4 Å². The van der Waals surface area contributed by atoms with E-state index in [1.165, 1.54) is 23.6 Å². The molecule has 2 fully saturated rings. The number of aromatic amines is 2. The second-order valence-electron chi connectivity index (χ2n) is 14.6. The molecule has 1 unspecified atom stereocenters. The number of hydrogen-bond acceptors (Lipinski definition) is 10. The van der Waals surface area contributed by atoms with Crippen LogP contribution < -0.4 is 10.6 Å². The van der Waals surface area contributed by atoms with Gasteiger partial charge in [-0.1, -0.05) is 33.8 Å². The summed E-state index contributed by atoms with van der Waals surface area (Å²) in [7, 11) is 2.58. The Labute approximate surface area is 321 Å². The molecule has 14 nitrogen and oxygen atoms in total. The number of thiophene rings is 2. The van der Waals surface area contributed by atoms with Gasteiger partial charge in [-0.05, 0) is 67.3 Å². The number of ether oxygens (including phenoxy) is 2. The molecular formula is C38H46N8O6S2. The van der Waals surface area contributed by atoms with Crippen molar-refractivity contribution in [3.63, 3.8) is 0 Å². The van der Waals surface area contributed by atoms with Crippen molar-refractivity contribution in [3.05, 3.63) is 48.2 Å². The molecule has 0 spiro atoms. The zero-order valence-corrected chi connectivity index (χ0v) is 32.9. The van der Waals surface area contributed by atoms with Crippen molar-refractivity contribution in [1.82, 2.24) is 40.4 Å². The van der Waals surface area contributed by atoms with Crippen LogP contribution in [0.1, 0.15) is 77.1 Å². The summed E-state index contributed by atoms with van der Waals surface area (Å²) in [5, 5.41) is 5.41. The van der Waals surface area contributed by atoms with Crippen molar-refractivity contribution in [2.75, 3.05) is 27.3 Å². The summed E-state index contributed by atoms with van der Waals surface area (Å²) >= 11 is 3.41. The molecule has 4 N–H and O–H groups in total. The number of imidazole rings is 2. The molecule has 0 radical (unpaired) electrons. The van der Waals surface area contributed by atoms with Crippen LogP contribution in [0.2, 0.25) is 0 Å². The van der Waals surface area contributed by atoms with E-state index < -0.39 is 24.3 Å². The van der Waals surface area contributed by atoms with Crippen molar-refractivity contribution in [3.8, 4) is 21.0 Å². The smallest absolute Gasteiger partial charge is 0.407 e. The minimum absolute atomic E-state index is 0.102. The maximum atomic E-state index is 13.6. The highest BCUT2D eigenvalue weighted by Crippen LogP contribution is 2.43. The van der Waals surface area contributed by atoms with E-state index in [1.54, 1.807) is 22.7 Å². The third-order valence-electron chi connectivity index (χ3n) is 10.3. The molecule has 286 valence electrons. The summed E-state index contributed by atoms with van der Waals surface area (Å²) in [5.74, 6) is 1.01. The Morgan fingerprint density at radius 1 is 0.778 bits per heavy atom. The molecule has 0 aliphatic carbocycles. The number of benzene rings is 1. The number of alkyl carbamates (subject to hydrolysis) is 2. The maximum Gasteiger partial charge on any atom is 0.407 e. The highest BCUT2D eigenvalue weighted by molar-refractivity contribution is 7.31. The van der Waals surface area contributed by atoms with Crippen LogP contribution in [-0.2, 0) is 19.1 Å². The first-order valence-corrected chi connectivity index (χ1v) is 20.0. The highest BCUT2D eigenvalue weighted by Gasteiger charge is 2.39. The maximum absolute atomic E-state index is 13.6. The Bertz CT molecular complexity index is 2150. The number of methoxy groups -OCH3 is 2. The number of aromatic nitrogens is 4. The van der Waals surface area contributed by atoms with Gasteiger partial charge in [0.25, 0.3) is 0 Å². The summed E-state index contributed by atoms with van der Waals surface area (Å²) in [5.41, 5.74) is 3.71. The quantitative estimate of drug-likeness (QED) is 0.118. The standard InChI is InChI=1S/C38H46N8O6S2/c1-19(2)31(43-37(49)51-5)35(47)45-13-7-9-25(45)33-39-18-24(42-33)28-17-30-29(54-28)16-27(53-30)21-11-12-22-23(15-21)41-34(40-22)26-10-8-14-46(26)36(48)32(20(3)4)44-38(50)52-6/h11-12,15-20,25-26,31-32H,7-10,13-14H2,1-6H3,(H,39,42)(H,40,41)(H,43,49)(H,44,50)/t25-,26-,31?,32-/m0/s1. The Kier molecular flexibility index (Phi) is 10.7. The van der Waals surface area contributed by atoms with Crippen molar-refractivity contribution < 1.29 is 28.7 Å². The predicted octanol–water partition coefficient (Wildman–Crippen LogP) is 6.98. The fourth-order valence-electron chi connectivity index (χ4n) is 7.47. The Morgan fingerprint density at radius 2 is 1.33 bits per heavy atom. The molecular weight excluding hydrogens is 729 g/mol. The zero-order chi connectivity index (χ0) is 38.3. The Morgan fingerprint density at radius 3 is 1.91 bits per heavy atom. The van der Waals surface area contributed by atoms with Crippen molar-refractivity contribution in [2.24, 2.45) is 11.8 Å². The van der Waals surface area contributed by atoms with Crippen LogP contribution in [0.15, 0.2) is 36.5 Å². The second kappa shape index (κ2) is 15.4. The van der Waals surface area contributed by atoms with Gasteiger partial charge in [0.15, 0.2) is 0 Å². The number of hydrogen-bond donors (Lipinski definition) is 4. The molecule has 1 aromatic carbocycles. The lowest BCUT2D eigenvalue weighted by molar-refractivity contribution is -0.136.